The van der Waals surface area contributed by atoms with Gasteiger partial charge in [-0.3, -0.25) is 9.59 Å². The molecule has 124 valence electrons. The van der Waals surface area contributed by atoms with Crippen LogP contribution in [0.3, 0.4) is 0 Å². The SMILES string of the molecule is O=C1CN(C(=O)C[C@@H](c2ccccc2)c2cccc(Cl)c2)CCN1. The lowest BCUT2D eigenvalue weighted by Crippen LogP contribution is -2.50. The lowest BCUT2D eigenvalue weighted by molar-refractivity contribution is -0.138. The quantitative estimate of drug-likeness (QED) is 0.928. The fourth-order valence-electron chi connectivity index (χ4n) is 2.99. The molecule has 1 aliphatic heterocycles. The summed E-state index contributed by atoms with van der Waals surface area (Å²) in [7, 11) is 0. The van der Waals surface area contributed by atoms with Crippen molar-refractivity contribution in [1.29, 1.82) is 0 Å². The van der Waals surface area contributed by atoms with E-state index in [0.717, 1.165) is 11.1 Å². The van der Waals surface area contributed by atoms with Crippen molar-refractivity contribution in [3.8, 4) is 0 Å². The molecule has 0 saturated carbocycles. The van der Waals surface area contributed by atoms with E-state index < -0.39 is 0 Å². The molecule has 2 amide bonds. The average molecular weight is 343 g/mol. The summed E-state index contributed by atoms with van der Waals surface area (Å²) in [5.41, 5.74) is 2.07. The van der Waals surface area contributed by atoms with E-state index in [1.54, 1.807) is 4.90 Å². The zero-order chi connectivity index (χ0) is 16.9. The first kappa shape index (κ1) is 16.5. The number of rotatable bonds is 4. The first-order valence-corrected chi connectivity index (χ1v) is 8.36. The highest BCUT2D eigenvalue weighted by Gasteiger charge is 2.25. The van der Waals surface area contributed by atoms with Gasteiger partial charge in [-0.2, -0.15) is 0 Å². The molecule has 0 aromatic heterocycles. The van der Waals surface area contributed by atoms with Gasteiger partial charge in [-0.05, 0) is 23.3 Å². The van der Waals surface area contributed by atoms with Crippen LogP contribution in [-0.2, 0) is 9.59 Å². The van der Waals surface area contributed by atoms with Crippen LogP contribution in [0.1, 0.15) is 23.5 Å². The Morgan fingerprint density at radius 1 is 1.12 bits per heavy atom. The lowest BCUT2D eigenvalue weighted by atomic mass is 9.88. The fraction of sp³-hybridized carbons (Fsp3) is 0.263. The summed E-state index contributed by atoms with van der Waals surface area (Å²) in [6.45, 7) is 1.20. The van der Waals surface area contributed by atoms with Crippen LogP contribution in [0.2, 0.25) is 5.02 Å². The van der Waals surface area contributed by atoms with Crippen molar-refractivity contribution in [3.05, 3.63) is 70.7 Å². The number of nitrogens with one attached hydrogen (secondary N) is 1. The van der Waals surface area contributed by atoms with Crippen LogP contribution < -0.4 is 5.32 Å². The number of benzene rings is 2. The zero-order valence-electron chi connectivity index (χ0n) is 13.2. The molecule has 2 aromatic rings. The second kappa shape index (κ2) is 7.49. The van der Waals surface area contributed by atoms with Gasteiger partial charge in [-0.1, -0.05) is 54.1 Å². The summed E-state index contributed by atoms with van der Waals surface area (Å²) in [6.07, 6.45) is 0.317. The van der Waals surface area contributed by atoms with Crippen LogP contribution in [0.25, 0.3) is 0 Å². The Kier molecular flexibility index (Phi) is 5.16. The minimum Gasteiger partial charge on any atom is -0.353 e. The van der Waals surface area contributed by atoms with E-state index in [-0.39, 0.29) is 24.3 Å². The van der Waals surface area contributed by atoms with Crippen molar-refractivity contribution in [3.63, 3.8) is 0 Å². The number of halogens is 1. The Labute approximate surface area is 146 Å². The molecule has 1 heterocycles. The molecule has 24 heavy (non-hydrogen) atoms. The van der Waals surface area contributed by atoms with Gasteiger partial charge < -0.3 is 10.2 Å². The minimum absolute atomic E-state index is 0.0151. The maximum Gasteiger partial charge on any atom is 0.239 e. The summed E-state index contributed by atoms with van der Waals surface area (Å²) >= 11 is 6.13. The maximum absolute atomic E-state index is 12.7. The van der Waals surface area contributed by atoms with Gasteiger partial charge >= 0.3 is 0 Å². The predicted molar refractivity (Wildman–Crippen MR) is 93.9 cm³/mol. The number of carbonyl (C=O) groups excluding carboxylic acids is 2. The van der Waals surface area contributed by atoms with Crippen LogP contribution in [-0.4, -0.2) is 36.3 Å². The molecule has 3 rings (SSSR count). The molecule has 0 bridgehead atoms. The van der Waals surface area contributed by atoms with Gasteiger partial charge in [0.1, 0.15) is 0 Å². The fourth-order valence-corrected chi connectivity index (χ4v) is 3.19. The smallest absolute Gasteiger partial charge is 0.239 e. The molecule has 1 aliphatic rings. The Morgan fingerprint density at radius 3 is 2.58 bits per heavy atom. The summed E-state index contributed by atoms with van der Waals surface area (Å²) in [5, 5.41) is 3.39. The van der Waals surface area contributed by atoms with E-state index in [9.17, 15) is 9.59 Å². The van der Waals surface area contributed by atoms with E-state index in [0.29, 0.717) is 24.5 Å². The highest BCUT2D eigenvalue weighted by atomic mass is 35.5. The first-order valence-electron chi connectivity index (χ1n) is 7.98. The number of amides is 2. The molecule has 0 aliphatic carbocycles. The van der Waals surface area contributed by atoms with E-state index in [2.05, 4.69) is 5.32 Å². The standard InChI is InChI=1S/C19H19ClN2O2/c20-16-8-4-7-15(11-16)17(14-5-2-1-3-6-14)12-19(24)22-10-9-21-18(23)13-22/h1-8,11,17H,9-10,12-13H2,(H,21,23)/t17-/m0/s1. The third-order valence-electron chi connectivity index (χ3n) is 4.22. The van der Waals surface area contributed by atoms with Crippen molar-refractivity contribution < 1.29 is 9.59 Å². The molecule has 5 heteroatoms. The van der Waals surface area contributed by atoms with Crippen molar-refractivity contribution in [2.75, 3.05) is 19.6 Å². The average Bonchev–Trinajstić information content (AvgIpc) is 2.60. The number of hydrogen-bond acceptors (Lipinski definition) is 2. The number of piperazine rings is 1. The Bertz CT molecular complexity index is 733. The van der Waals surface area contributed by atoms with Gasteiger partial charge in [0, 0.05) is 30.5 Å². The molecule has 0 radical (unpaired) electrons. The number of carbonyl (C=O) groups is 2. The molecule has 1 atom stereocenters. The third-order valence-corrected chi connectivity index (χ3v) is 4.46. The lowest BCUT2D eigenvalue weighted by Gasteiger charge is -2.28. The molecular formula is C19H19ClN2O2. The van der Waals surface area contributed by atoms with Gasteiger partial charge in [-0.25, -0.2) is 0 Å². The molecular weight excluding hydrogens is 324 g/mol. The highest BCUT2D eigenvalue weighted by molar-refractivity contribution is 6.30. The molecule has 2 aromatic carbocycles. The van der Waals surface area contributed by atoms with Crippen molar-refractivity contribution in [2.24, 2.45) is 0 Å². The predicted octanol–water partition coefficient (Wildman–Crippen LogP) is 2.82. The topological polar surface area (TPSA) is 49.4 Å². The van der Waals surface area contributed by atoms with Crippen LogP contribution in [0.15, 0.2) is 54.6 Å². The molecule has 0 spiro atoms. The molecule has 4 nitrogen and oxygen atoms in total. The third kappa shape index (κ3) is 3.95. The molecule has 1 fully saturated rings. The van der Waals surface area contributed by atoms with Gasteiger partial charge in [0.05, 0.1) is 6.54 Å². The Balaban J connectivity index is 1.85. The van der Waals surface area contributed by atoms with E-state index >= 15 is 0 Å². The Hall–Kier alpha value is -2.33. The maximum atomic E-state index is 12.7. The number of nitrogens with zero attached hydrogens (tertiary/aromatic N) is 1. The highest BCUT2D eigenvalue weighted by Crippen LogP contribution is 2.30. The minimum atomic E-state index is -0.103. The number of hydrogen-bond donors (Lipinski definition) is 1. The normalized spacial score (nSPS) is 15.7. The first-order chi connectivity index (χ1) is 11.6. The zero-order valence-corrected chi connectivity index (χ0v) is 14.0. The summed E-state index contributed by atoms with van der Waals surface area (Å²) in [6, 6.07) is 17.5. The second-order valence-electron chi connectivity index (χ2n) is 5.89. The van der Waals surface area contributed by atoms with Gasteiger partial charge in [-0.15, -0.1) is 0 Å². The molecule has 1 N–H and O–H groups in total. The Morgan fingerprint density at radius 2 is 1.88 bits per heavy atom. The van der Waals surface area contributed by atoms with Crippen molar-refractivity contribution in [2.45, 2.75) is 12.3 Å². The molecule has 0 unspecified atom stereocenters. The summed E-state index contributed by atoms with van der Waals surface area (Å²) in [4.78, 5) is 25.8. The largest absolute Gasteiger partial charge is 0.353 e. The van der Waals surface area contributed by atoms with Crippen molar-refractivity contribution in [1.82, 2.24) is 10.2 Å². The monoisotopic (exact) mass is 342 g/mol. The van der Waals surface area contributed by atoms with E-state index in [1.807, 2.05) is 54.6 Å². The van der Waals surface area contributed by atoms with Gasteiger partial charge in [0.15, 0.2) is 0 Å². The summed E-state index contributed by atoms with van der Waals surface area (Å²) in [5.74, 6) is -0.199. The van der Waals surface area contributed by atoms with Gasteiger partial charge in [0.25, 0.3) is 0 Å². The van der Waals surface area contributed by atoms with Crippen LogP contribution in [0, 0.1) is 0 Å². The van der Waals surface area contributed by atoms with E-state index in [4.69, 9.17) is 11.6 Å². The van der Waals surface area contributed by atoms with Crippen LogP contribution in [0.5, 0.6) is 0 Å². The van der Waals surface area contributed by atoms with Crippen molar-refractivity contribution >= 4 is 23.4 Å². The van der Waals surface area contributed by atoms with Gasteiger partial charge in [0.2, 0.25) is 11.8 Å². The van der Waals surface area contributed by atoms with Crippen LogP contribution in [0.4, 0.5) is 0 Å². The van der Waals surface area contributed by atoms with Crippen LogP contribution >= 0.6 is 11.6 Å². The second-order valence-corrected chi connectivity index (χ2v) is 6.32. The van der Waals surface area contributed by atoms with E-state index in [1.165, 1.54) is 0 Å². The molecule has 1 saturated heterocycles. The summed E-state index contributed by atoms with van der Waals surface area (Å²) < 4.78 is 0.